The zero-order valence-corrected chi connectivity index (χ0v) is 5.99. The molecule has 2 N–H and O–H groups in total. The van der Waals surface area contributed by atoms with Crippen LogP contribution in [0.4, 0.5) is 0 Å². The van der Waals surface area contributed by atoms with E-state index in [1.165, 1.54) is 12.8 Å². The normalized spacial score (nSPS) is 62.7. The highest BCUT2D eigenvalue weighted by Crippen LogP contribution is 2.60. The van der Waals surface area contributed by atoms with E-state index in [-0.39, 0.29) is 0 Å². The summed E-state index contributed by atoms with van der Waals surface area (Å²) in [5, 5.41) is 0. The molecule has 1 saturated carbocycles. The van der Waals surface area contributed by atoms with Gasteiger partial charge in [-0.15, -0.1) is 0 Å². The van der Waals surface area contributed by atoms with Crippen LogP contribution in [-0.4, -0.2) is 18.8 Å². The van der Waals surface area contributed by atoms with E-state index in [4.69, 9.17) is 10.5 Å². The number of ether oxygens (including phenoxy) is 1. The summed E-state index contributed by atoms with van der Waals surface area (Å²) in [6.07, 6.45) is 3.87. The Kier molecular flexibility index (Phi) is 0.868. The van der Waals surface area contributed by atoms with Crippen molar-refractivity contribution < 1.29 is 4.74 Å². The van der Waals surface area contributed by atoms with Gasteiger partial charge in [0.05, 0.1) is 12.2 Å². The summed E-state index contributed by atoms with van der Waals surface area (Å²) >= 11 is 0. The maximum absolute atomic E-state index is 5.76. The van der Waals surface area contributed by atoms with Gasteiger partial charge in [-0.3, -0.25) is 0 Å². The van der Waals surface area contributed by atoms with Crippen molar-refractivity contribution in [3.05, 3.63) is 0 Å². The summed E-state index contributed by atoms with van der Waals surface area (Å²) in [7, 11) is 0. The Morgan fingerprint density at radius 2 is 2.20 bits per heavy atom. The van der Waals surface area contributed by atoms with Gasteiger partial charge in [0.25, 0.3) is 0 Å². The molecule has 0 amide bonds. The zero-order valence-electron chi connectivity index (χ0n) is 5.99. The highest BCUT2D eigenvalue weighted by atomic mass is 16.5. The molecule has 2 saturated heterocycles. The van der Waals surface area contributed by atoms with E-state index in [0.29, 0.717) is 18.1 Å². The first-order valence-corrected chi connectivity index (χ1v) is 4.25. The van der Waals surface area contributed by atoms with Crippen molar-refractivity contribution >= 4 is 0 Å². The molecule has 2 heteroatoms. The fourth-order valence-corrected chi connectivity index (χ4v) is 2.80. The molecule has 3 fully saturated rings. The average molecular weight is 139 g/mol. The van der Waals surface area contributed by atoms with Crippen molar-refractivity contribution in [2.24, 2.45) is 23.5 Å². The summed E-state index contributed by atoms with van der Waals surface area (Å²) in [6.45, 7) is 0.838. The van der Waals surface area contributed by atoms with Gasteiger partial charge in [0.2, 0.25) is 0 Å². The summed E-state index contributed by atoms with van der Waals surface area (Å²) in [5.41, 5.74) is 5.62. The van der Waals surface area contributed by atoms with Gasteiger partial charge in [-0.05, 0) is 31.2 Å². The molecule has 0 radical (unpaired) electrons. The van der Waals surface area contributed by atoms with Crippen molar-refractivity contribution in [3.63, 3.8) is 0 Å². The molecule has 2 nitrogen and oxygen atoms in total. The monoisotopic (exact) mass is 139 g/mol. The van der Waals surface area contributed by atoms with Crippen LogP contribution in [0.3, 0.4) is 0 Å². The van der Waals surface area contributed by atoms with Gasteiger partial charge in [-0.1, -0.05) is 0 Å². The lowest BCUT2D eigenvalue weighted by Gasteiger charge is -2.15. The molecule has 56 valence electrons. The minimum atomic E-state index is 0.569. The minimum Gasteiger partial charge on any atom is -0.374 e. The standard InChI is InChI=1S/C8H13NO/c9-3-4-1-7-5-2-6(5)8(4)10-7/h4-8H,1-3,9H2. The summed E-state index contributed by atoms with van der Waals surface area (Å²) in [5.74, 6) is 2.58. The Labute approximate surface area is 60.7 Å². The molecule has 0 aromatic heterocycles. The number of nitrogens with two attached hydrogens (primary N) is 1. The third-order valence-electron chi connectivity index (χ3n) is 3.43. The van der Waals surface area contributed by atoms with E-state index in [1.54, 1.807) is 0 Å². The molecule has 2 bridgehead atoms. The first kappa shape index (κ1) is 5.56. The number of hydrogen-bond donors (Lipinski definition) is 1. The first-order valence-electron chi connectivity index (χ1n) is 4.25. The van der Waals surface area contributed by atoms with Crippen molar-refractivity contribution in [2.45, 2.75) is 25.0 Å². The first-order chi connectivity index (χ1) is 4.90. The molecule has 3 rings (SSSR count). The van der Waals surface area contributed by atoms with Gasteiger partial charge in [-0.25, -0.2) is 0 Å². The maximum atomic E-state index is 5.76. The number of fused-ring (bicyclic) bond motifs is 5. The van der Waals surface area contributed by atoms with Crippen LogP contribution in [0.2, 0.25) is 0 Å². The van der Waals surface area contributed by atoms with E-state index in [2.05, 4.69) is 0 Å². The van der Waals surface area contributed by atoms with Crippen LogP contribution >= 0.6 is 0 Å². The Morgan fingerprint density at radius 3 is 2.80 bits per heavy atom. The fraction of sp³-hybridized carbons (Fsp3) is 1.00. The number of rotatable bonds is 1. The molecular weight excluding hydrogens is 126 g/mol. The molecule has 5 atom stereocenters. The van der Waals surface area contributed by atoms with Crippen LogP contribution in [0.25, 0.3) is 0 Å². The van der Waals surface area contributed by atoms with Gasteiger partial charge in [0, 0.05) is 5.92 Å². The molecule has 2 aliphatic heterocycles. The highest BCUT2D eigenvalue weighted by molar-refractivity contribution is 5.10. The Morgan fingerprint density at radius 1 is 1.30 bits per heavy atom. The highest BCUT2D eigenvalue weighted by Gasteiger charge is 2.62. The quantitative estimate of drug-likeness (QED) is 0.569. The van der Waals surface area contributed by atoms with E-state index < -0.39 is 0 Å². The molecule has 5 unspecified atom stereocenters. The van der Waals surface area contributed by atoms with Gasteiger partial charge in [0.1, 0.15) is 0 Å². The van der Waals surface area contributed by atoms with Gasteiger partial charge >= 0.3 is 0 Å². The third-order valence-corrected chi connectivity index (χ3v) is 3.43. The molecule has 2 heterocycles. The second-order valence-corrected chi connectivity index (χ2v) is 3.93. The summed E-state index contributed by atoms with van der Waals surface area (Å²) in [4.78, 5) is 0. The fourth-order valence-electron chi connectivity index (χ4n) is 2.80. The topological polar surface area (TPSA) is 35.2 Å². The molecule has 0 aromatic rings. The van der Waals surface area contributed by atoms with Crippen molar-refractivity contribution in [2.75, 3.05) is 6.54 Å². The van der Waals surface area contributed by atoms with E-state index >= 15 is 0 Å². The molecular formula is C8H13NO. The smallest absolute Gasteiger partial charge is 0.0652 e. The lowest BCUT2D eigenvalue weighted by Crippen LogP contribution is -2.26. The Hall–Kier alpha value is -0.0800. The SMILES string of the molecule is NCC1CC2OC1C1CC21. The predicted octanol–water partition coefficient (Wildman–Crippen LogP) is 0.368. The Balaban J connectivity index is 1.85. The second-order valence-electron chi connectivity index (χ2n) is 3.93. The summed E-state index contributed by atoms with van der Waals surface area (Å²) in [6, 6.07) is 0. The molecule has 10 heavy (non-hydrogen) atoms. The van der Waals surface area contributed by atoms with E-state index in [9.17, 15) is 0 Å². The lowest BCUT2D eigenvalue weighted by atomic mass is 9.89. The van der Waals surface area contributed by atoms with Gasteiger partial charge in [0.15, 0.2) is 0 Å². The van der Waals surface area contributed by atoms with E-state index in [0.717, 1.165) is 18.4 Å². The lowest BCUT2D eigenvalue weighted by molar-refractivity contribution is 0.0621. The predicted molar refractivity (Wildman–Crippen MR) is 37.4 cm³/mol. The molecule has 0 aromatic carbocycles. The molecule has 1 aliphatic carbocycles. The van der Waals surface area contributed by atoms with Crippen LogP contribution in [-0.2, 0) is 4.74 Å². The third kappa shape index (κ3) is 0.487. The second kappa shape index (κ2) is 1.56. The van der Waals surface area contributed by atoms with Gasteiger partial charge in [-0.2, -0.15) is 0 Å². The van der Waals surface area contributed by atoms with Gasteiger partial charge < -0.3 is 10.5 Å². The van der Waals surface area contributed by atoms with Crippen LogP contribution in [0.1, 0.15) is 12.8 Å². The van der Waals surface area contributed by atoms with Crippen LogP contribution in [0, 0.1) is 17.8 Å². The van der Waals surface area contributed by atoms with Crippen molar-refractivity contribution in [1.82, 2.24) is 0 Å². The zero-order chi connectivity index (χ0) is 6.72. The van der Waals surface area contributed by atoms with Crippen molar-refractivity contribution in [1.29, 1.82) is 0 Å². The van der Waals surface area contributed by atoms with E-state index in [1.807, 2.05) is 0 Å². The van der Waals surface area contributed by atoms with Crippen LogP contribution < -0.4 is 5.73 Å². The maximum Gasteiger partial charge on any atom is 0.0652 e. The minimum absolute atomic E-state index is 0.569. The number of hydrogen-bond acceptors (Lipinski definition) is 2. The van der Waals surface area contributed by atoms with Crippen LogP contribution in [0.5, 0.6) is 0 Å². The molecule has 0 spiro atoms. The average Bonchev–Trinajstić information content (AvgIpc) is 2.58. The summed E-state index contributed by atoms with van der Waals surface area (Å²) < 4.78 is 5.76. The Bertz CT molecular complexity index is 171. The van der Waals surface area contributed by atoms with Crippen molar-refractivity contribution in [3.8, 4) is 0 Å². The largest absolute Gasteiger partial charge is 0.374 e. The van der Waals surface area contributed by atoms with Crippen LogP contribution in [0.15, 0.2) is 0 Å². The molecule has 3 aliphatic rings.